The van der Waals surface area contributed by atoms with Crippen LogP contribution in [0.1, 0.15) is 21.6 Å². The average molecular weight is 442 g/mol. The minimum absolute atomic E-state index is 0.255. The second kappa shape index (κ2) is 8.03. The molecule has 4 nitrogen and oxygen atoms in total. The Hall–Kier alpha value is -2.60. The summed E-state index contributed by atoms with van der Waals surface area (Å²) >= 11 is 13.8. The Bertz CT molecular complexity index is 1200. The number of hydrogen-bond acceptors (Lipinski definition) is 3. The van der Waals surface area contributed by atoms with Crippen molar-refractivity contribution in [3.8, 4) is 16.3 Å². The number of carbonyl (C=O) groups is 1. The van der Waals surface area contributed by atoms with Crippen molar-refractivity contribution >= 4 is 46.1 Å². The molecule has 0 bridgehead atoms. The van der Waals surface area contributed by atoms with Crippen molar-refractivity contribution in [2.24, 2.45) is 0 Å². The van der Waals surface area contributed by atoms with E-state index in [1.807, 2.05) is 49.6 Å². The number of halogens is 2. The highest BCUT2D eigenvalue weighted by atomic mass is 35.5. The first-order valence-electron chi connectivity index (χ1n) is 8.90. The first-order chi connectivity index (χ1) is 13.9. The van der Waals surface area contributed by atoms with Crippen molar-refractivity contribution in [1.29, 1.82) is 0 Å². The summed E-state index contributed by atoms with van der Waals surface area (Å²) in [6.45, 7) is 4.05. The van der Waals surface area contributed by atoms with Crippen molar-refractivity contribution in [3.05, 3.63) is 86.8 Å². The van der Waals surface area contributed by atoms with Crippen LogP contribution in [0.5, 0.6) is 0 Å². The van der Waals surface area contributed by atoms with Gasteiger partial charge >= 0.3 is 0 Å². The number of aryl methyl sites for hydroxylation is 2. The van der Waals surface area contributed by atoms with Crippen LogP contribution >= 0.6 is 34.5 Å². The molecule has 4 rings (SSSR count). The molecule has 0 spiro atoms. The number of carbonyl (C=O) groups excluding carboxylic acids is 1. The third-order valence-electron chi connectivity index (χ3n) is 4.63. The maximum Gasteiger partial charge on any atom is 0.274 e. The van der Waals surface area contributed by atoms with Gasteiger partial charge in [-0.15, -0.1) is 11.3 Å². The van der Waals surface area contributed by atoms with Crippen LogP contribution in [0, 0.1) is 13.8 Å². The molecule has 4 aromatic rings. The summed E-state index contributed by atoms with van der Waals surface area (Å²) in [6, 6.07) is 16.7. The number of aromatic nitrogens is 2. The van der Waals surface area contributed by atoms with Gasteiger partial charge in [-0.2, -0.15) is 5.10 Å². The Morgan fingerprint density at radius 1 is 1.00 bits per heavy atom. The number of thiophene rings is 1. The lowest BCUT2D eigenvalue weighted by Crippen LogP contribution is -2.17. The second-order valence-corrected chi connectivity index (χ2v) is 8.42. The van der Waals surface area contributed by atoms with E-state index in [9.17, 15) is 4.79 Å². The molecule has 0 radical (unpaired) electrons. The van der Waals surface area contributed by atoms with E-state index in [-0.39, 0.29) is 5.91 Å². The summed E-state index contributed by atoms with van der Waals surface area (Å²) < 4.78 is 1.59. The van der Waals surface area contributed by atoms with Gasteiger partial charge < -0.3 is 5.32 Å². The lowest BCUT2D eigenvalue weighted by molar-refractivity contribution is 0.101. The van der Waals surface area contributed by atoms with Gasteiger partial charge in [0.25, 0.3) is 5.91 Å². The summed E-state index contributed by atoms with van der Waals surface area (Å²) in [4.78, 5) is 14.1. The molecule has 146 valence electrons. The Kier molecular flexibility index (Phi) is 5.46. The first kappa shape index (κ1) is 19.7. The molecule has 0 aliphatic heterocycles. The standard InChI is InChI=1S/C22H17Cl2N3OS/c1-13-5-6-15(10-14(13)2)25-22(28)20-12-19(21-4-3-9-29-21)26-27(20)16-7-8-17(23)18(24)11-16/h3-12H,1-2H3,(H,25,28). The van der Waals surface area contributed by atoms with Crippen LogP contribution in [-0.2, 0) is 0 Å². The molecule has 2 aromatic carbocycles. The van der Waals surface area contributed by atoms with Gasteiger partial charge in [-0.05, 0) is 72.8 Å². The van der Waals surface area contributed by atoms with E-state index in [4.69, 9.17) is 23.2 Å². The zero-order valence-electron chi connectivity index (χ0n) is 15.7. The van der Waals surface area contributed by atoms with E-state index in [0.29, 0.717) is 21.4 Å². The van der Waals surface area contributed by atoms with E-state index in [1.165, 1.54) is 5.56 Å². The van der Waals surface area contributed by atoms with Crippen molar-refractivity contribution in [1.82, 2.24) is 9.78 Å². The Morgan fingerprint density at radius 3 is 2.52 bits per heavy atom. The largest absolute Gasteiger partial charge is 0.321 e. The topological polar surface area (TPSA) is 46.9 Å². The third kappa shape index (κ3) is 4.08. The number of hydrogen-bond donors (Lipinski definition) is 1. The fraction of sp³-hybridized carbons (Fsp3) is 0.0909. The van der Waals surface area contributed by atoms with Gasteiger partial charge in [0.05, 0.1) is 20.6 Å². The van der Waals surface area contributed by atoms with Crippen LogP contribution in [0.15, 0.2) is 60.0 Å². The van der Waals surface area contributed by atoms with E-state index in [2.05, 4.69) is 10.4 Å². The fourth-order valence-corrected chi connectivity index (χ4v) is 3.89. The van der Waals surface area contributed by atoms with Crippen LogP contribution in [-0.4, -0.2) is 15.7 Å². The Balaban J connectivity index is 1.76. The molecule has 0 aliphatic carbocycles. The van der Waals surface area contributed by atoms with Crippen LogP contribution < -0.4 is 5.32 Å². The maximum atomic E-state index is 13.1. The third-order valence-corrected chi connectivity index (χ3v) is 6.26. The molecule has 2 heterocycles. The number of nitrogens with one attached hydrogen (secondary N) is 1. The summed E-state index contributed by atoms with van der Waals surface area (Å²) in [6.07, 6.45) is 0. The van der Waals surface area contributed by atoms with Gasteiger partial charge in [-0.25, -0.2) is 4.68 Å². The van der Waals surface area contributed by atoms with Gasteiger partial charge in [-0.1, -0.05) is 35.3 Å². The van der Waals surface area contributed by atoms with Crippen LogP contribution in [0.4, 0.5) is 5.69 Å². The molecule has 29 heavy (non-hydrogen) atoms. The molecular weight excluding hydrogens is 425 g/mol. The predicted octanol–water partition coefficient (Wildman–Crippen LogP) is 6.78. The zero-order chi connectivity index (χ0) is 20.5. The van der Waals surface area contributed by atoms with Crippen molar-refractivity contribution in [2.75, 3.05) is 5.32 Å². The number of nitrogens with zero attached hydrogens (tertiary/aromatic N) is 2. The molecule has 2 aromatic heterocycles. The van der Waals surface area contributed by atoms with E-state index >= 15 is 0 Å². The molecule has 1 amide bonds. The minimum atomic E-state index is -0.255. The summed E-state index contributed by atoms with van der Waals surface area (Å²) in [5.41, 5.74) is 4.80. The van der Waals surface area contributed by atoms with Crippen molar-refractivity contribution in [3.63, 3.8) is 0 Å². The van der Waals surface area contributed by atoms with Gasteiger partial charge in [0, 0.05) is 5.69 Å². The van der Waals surface area contributed by atoms with Crippen LogP contribution in [0.25, 0.3) is 16.3 Å². The fourth-order valence-electron chi connectivity index (χ4n) is 2.92. The molecule has 1 N–H and O–H groups in total. The van der Waals surface area contributed by atoms with Crippen molar-refractivity contribution < 1.29 is 4.79 Å². The number of anilines is 1. The van der Waals surface area contributed by atoms with E-state index in [1.54, 1.807) is 40.3 Å². The molecule has 7 heteroatoms. The van der Waals surface area contributed by atoms with Gasteiger partial charge in [-0.3, -0.25) is 4.79 Å². The quantitative estimate of drug-likeness (QED) is 0.379. The van der Waals surface area contributed by atoms with Gasteiger partial charge in [0.1, 0.15) is 11.4 Å². The lowest BCUT2D eigenvalue weighted by atomic mass is 10.1. The molecule has 0 unspecified atom stereocenters. The maximum absolute atomic E-state index is 13.1. The molecular formula is C22H17Cl2N3OS. The highest BCUT2D eigenvalue weighted by Crippen LogP contribution is 2.29. The summed E-state index contributed by atoms with van der Waals surface area (Å²) in [7, 11) is 0. The van der Waals surface area contributed by atoms with Crippen LogP contribution in [0.3, 0.4) is 0 Å². The normalized spacial score (nSPS) is 10.9. The molecule has 0 saturated carbocycles. The highest BCUT2D eigenvalue weighted by molar-refractivity contribution is 7.13. The second-order valence-electron chi connectivity index (χ2n) is 6.66. The highest BCUT2D eigenvalue weighted by Gasteiger charge is 2.19. The number of amides is 1. The lowest BCUT2D eigenvalue weighted by Gasteiger charge is -2.10. The molecule has 0 atom stereocenters. The van der Waals surface area contributed by atoms with E-state index in [0.717, 1.165) is 21.8 Å². The summed E-state index contributed by atoms with van der Waals surface area (Å²) in [5, 5.41) is 10.4. The predicted molar refractivity (Wildman–Crippen MR) is 121 cm³/mol. The zero-order valence-corrected chi connectivity index (χ0v) is 18.1. The van der Waals surface area contributed by atoms with Crippen molar-refractivity contribution in [2.45, 2.75) is 13.8 Å². The number of benzene rings is 2. The van der Waals surface area contributed by atoms with Gasteiger partial charge in [0.15, 0.2) is 0 Å². The monoisotopic (exact) mass is 441 g/mol. The Labute approximate surface area is 182 Å². The molecule has 0 fully saturated rings. The molecule has 0 aliphatic rings. The number of rotatable bonds is 4. The Morgan fingerprint density at radius 2 is 1.83 bits per heavy atom. The van der Waals surface area contributed by atoms with E-state index < -0.39 is 0 Å². The van der Waals surface area contributed by atoms with Gasteiger partial charge in [0.2, 0.25) is 0 Å². The average Bonchev–Trinajstić information content (AvgIpc) is 3.36. The summed E-state index contributed by atoms with van der Waals surface area (Å²) in [5.74, 6) is -0.255. The SMILES string of the molecule is Cc1ccc(NC(=O)c2cc(-c3cccs3)nn2-c2ccc(Cl)c(Cl)c2)cc1C. The smallest absolute Gasteiger partial charge is 0.274 e. The molecule has 0 saturated heterocycles. The minimum Gasteiger partial charge on any atom is -0.321 e. The first-order valence-corrected chi connectivity index (χ1v) is 10.5. The van der Waals surface area contributed by atoms with Crippen LogP contribution in [0.2, 0.25) is 10.0 Å².